The number of hydrogen-bond donors (Lipinski definition) is 1. The molecule has 0 aliphatic heterocycles. The predicted octanol–water partition coefficient (Wildman–Crippen LogP) is 2.83. The van der Waals surface area contributed by atoms with Crippen LogP contribution in [0.2, 0.25) is 5.28 Å². The van der Waals surface area contributed by atoms with Crippen LogP contribution in [-0.4, -0.2) is 35.1 Å². The molecule has 0 saturated heterocycles. The maximum atomic E-state index is 5.95. The Labute approximate surface area is 119 Å². The third-order valence-electron chi connectivity index (χ3n) is 4.02. The van der Waals surface area contributed by atoms with E-state index in [0.29, 0.717) is 23.9 Å². The first-order chi connectivity index (χ1) is 8.97. The van der Waals surface area contributed by atoms with Gasteiger partial charge in [0.2, 0.25) is 17.2 Å². The molecule has 1 aliphatic rings. The average molecular weight is 284 g/mol. The Morgan fingerprint density at radius 1 is 1.16 bits per heavy atom. The second kappa shape index (κ2) is 5.90. The first-order valence-electron chi connectivity index (χ1n) is 6.83. The lowest BCUT2D eigenvalue weighted by atomic mass is 9.78. The Hall–Kier alpha value is -1.10. The second-order valence-electron chi connectivity index (χ2n) is 5.64. The van der Waals surface area contributed by atoms with Crippen molar-refractivity contribution >= 4 is 23.5 Å². The van der Waals surface area contributed by atoms with E-state index in [4.69, 9.17) is 11.6 Å². The first-order valence-corrected chi connectivity index (χ1v) is 7.20. The third-order valence-corrected chi connectivity index (χ3v) is 4.19. The smallest absolute Gasteiger partial charge is 0.230 e. The predicted molar refractivity (Wildman–Crippen MR) is 78.8 cm³/mol. The SMILES string of the molecule is CC1CCCC(Nc2nc(Cl)nc(N(C)C)n2)C1C. The van der Waals surface area contributed by atoms with Crippen molar-refractivity contribution in [3.05, 3.63) is 5.28 Å². The van der Waals surface area contributed by atoms with Crippen molar-refractivity contribution in [1.82, 2.24) is 15.0 Å². The number of nitrogens with one attached hydrogen (secondary N) is 1. The Morgan fingerprint density at radius 2 is 1.89 bits per heavy atom. The molecule has 0 bridgehead atoms. The van der Waals surface area contributed by atoms with Gasteiger partial charge in [-0.25, -0.2) is 0 Å². The van der Waals surface area contributed by atoms with Gasteiger partial charge in [0, 0.05) is 20.1 Å². The van der Waals surface area contributed by atoms with Crippen molar-refractivity contribution in [3.8, 4) is 0 Å². The molecule has 1 aliphatic carbocycles. The van der Waals surface area contributed by atoms with E-state index in [-0.39, 0.29) is 5.28 Å². The lowest BCUT2D eigenvalue weighted by molar-refractivity contribution is 0.252. The standard InChI is InChI=1S/C13H22ClN5/c1-8-6-5-7-10(9(8)2)15-12-16-11(14)17-13(18-12)19(3)4/h8-10H,5-7H2,1-4H3,(H,15,16,17,18). The number of rotatable bonds is 3. The molecule has 106 valence electrons. The van der Waals surface area contributed by atoms with E-state index in [1.54, 1.807) is 0 Å². The summed E-state index contributed by atoms with van der Waals surface area (Å²) in [5.74, 6) is 2.51. The number of aromatic nitrogens is 3. The minimum absolute atomic E-state index is 0.234. The molecular formula is C13H22ClN5. The van der Waals surface area contributed by atoms with Gasteiger partial charge >= 0.3 is 0 Å². The molecule has 1 aromatic heterocycles. The molecule has 1 aromatic rings. The van der Waals surface area contributed by atoms with Crippen LogP contribution in [-0.2, 0) is 0 Å². The zero-order chi connectivity index (χ0) is 14.0. The first kappa shape index (κ1) is 14.3. The Kier molecular flexibility index (Phi) is 4.45. The van der Waals surface area contributed by atoms with Crippen molar-refractivity contribution in [2.75, 3.05) is 24.3 Å². The fourth-order valence-electron chi connectivity index (χ4n) is 2.56. The normalized spacial score (nSPS) is 27.1. The van der Waals surface area contributed by atoms with Crippen molar-refractivity contribution in [2.24, 2.45) is 11.8 Å². The zero-order valence-electron chi connectivity index (χ0n) is 12.0. The summed E-state index contributed by atoms with van der Waals surface area (Å²) >= 11 is 5.95. The van der Waals surface area contributed by atoms with Crippen LogP contribution in [0.5, 0.6) is 0 Å². The molecule has 0 spiro atoms. The number of hydrogen-bond acceptors (Lipinski definition) is 5. The molecule has 6 heteroatoms. The summed E-state index contributed by atoms with van der Waals surface area (Å²) in [4.78, 5) is 14.5. The molecule has 3 atom stereocenters. The van der Waals surface area contributed by atoms with Crippen LogP contribution in [0.3, 0.4) is 0 Å². The van der Waals surface area contributed by atoms with Crippen LogP contribution in [0.1, 0.15) is 33.1 Å². The van der Waals surface area contributed by atoms with E-state index < -0.39 is 0 Å². The van der Waals surface area contributed by atoms with E-state index in [2.05, 4.69) is 34.1 Å². The number of nitrogens with zero attached hydrogens (tertiary/aromatic N) is 4. The van der Waals surface area contributed by atoms with Crippen LogP contribution in [0, 0.1) is 11.8 Å². The average Bonchev–Trinajstić information content (AvgIpc) is 2.34. The van der Waals surface area contributed by atoms with Gasteiger partial charge in [-0.3, -0.25) is 0 Å². The summed E-state index contributed by atoms with van der Waals surface area (Å²) in [6.45, 7) is 4.60. The number of halogens is 1. The highest BCUT2D eigenvalue weighted by atomic mass is 35.5. The highest BCUT2D eigenvalue weighted by Crippen LogP contribution is 2.31. The van der Waals surface area contributed by atoms with E-state index in [1.807, 2.05) is 19.0 Å². The van der Waals surface area contributed by atoms with Crippen molar-refractivity contribution < 1.29 is 0 Å². The number of anilines is 2. The largest absolute Gasteiger partial charge is 0.351 e. The maximum Gasteiger partial charge on any atom is 0.230 e. The summed E-state index contributed by atoms with van der Waals surface area (Å²) in [6, 6.07) is 0.414. The van der Waals surface area contributed by atoms with Crippen LogP contribution >= 0.6 is 11.6 Å². The van der Waals surface area contributed by atoms with Crippen LogP contribution < -0.4 is 10.2 Å². The quantitative estimate of drug-likeness (QED) is 0.924. The summed E-state index contributed by atoms with van der Waals surface area (Å²) in [5, 5.41) is 3.66. The van der Waals surface area contributed by atoms with Gasteiger partial charge in [-0.15, -0.1) is 0 Å². The molecular weight excluding hydrogens is 262 g/mol. The molecule has 1 heterocycles. The summed E-state index contributed by atoms with van der Waals surface area (Å²) in [7, 11) is 3.78. The molecule has 1 fully saturated rings. The lowest BCUT2D eigenvalue weighted by Gasteiger charge is -2.34. The second-order valence-corrected chi connectivity index (χ2v) is 5.98. The van der Waals surface area contributed by atoms with Gasteiger partial charge < -0.3 is 10.2 Å². The van der Waals surface area contributed by atoms with Crippen molar-refractivity contribution in [1.29, 1.82) is 0 Å². The van der Waals surface area contributed by atoms with Gasteiger partial charge in [-0.1, -0.05) is 26.7 Å². The van der Waals surface area contributed by atoms with Crippen LogP contribution in [0.15, 0.2) is 0 Å². The van der Waals surface area contributed by atoms with E-state index in [0.717, 1.165) is 12.3 Å². The van der Waals surface area contributed by atoms with Gasteiger partial charge in [0.25, 0.3) is 0 Å². The van der Waals surface area contributed by atoms with Crippen LogP contribution in [0.25, 0.3) is 0 Å². The van der Waals surface area contributed by atoms with Crippen molar-refractivity contribution in [3.63, 3.8) is 0 Å². The molecule has 1 saturated carbocycles. The van der Waals surface area contributed by atoms with Crippen LogP contribution in [0.4, 0.5) is 11.9 Å². The molecule has 1 N–H and O–H groups in total. The third kappa shape index (κ3) is 3.47. The Morgan fingerprint density at radius 3 is 2.58 bits per heavy atom. The maximum absolute atomic E-state index is 5.95. The molecule has 19 heavy (non-hydrogen) atoms. The molecule has 3 unspecified atom stereocenters. The van der Waals surface area contributed by atoms with Gasteiger partial charge in [0.1, 0.15) is 0 Å². The minimum atomic E-state index is 0.234. The summed E-state index contributed by atoms with van der Waals surface area (Å²) < 4.78 is 0. The highest BCUT2D eigenvalue weighted by molar-refractivity contribution is 6.28. The summed E-state index contributed by atoms with van der Waals surface area (Å²) in [6.07, 6.45) is 3.72. The Bertz CT molecular complexity index is 437. The van der Waals surface area contributed by atoms with Gasteiger partial charge in [0.15, 0.2) is 0 Å². The fourth-order valence-corrected chi connectivity index (χ4v) is 2.71. The Balaban J connectivity index is 2.14. The van der Waals surface area contributed by atoms with E-state index in [9.17, 15) is 0 Å². The molecule has 5 nitrogen and oxygen atoms in total. The van der Waals surface area contributed by atoms with Gasteiger partial charge in [-0.05, 0) is 29.9 Å². The topological polar surface area (TPSA) is 53.9 Å². The highest BCUT2D eigenvalue weighted by Gasteiger charge is 2.27. The molecule has 0 radical (unpaired) electrons. The van der Waals surface area contributed by atoms with E-state index >= 15 is 0 Å². The van der Waals surface area contributed by atoms with E-state index in [1.165, 1.54) is 12.8 Å². The summed E-state index contributed by atoms with van der Waals surface area (Å²) in [5.41, 5.74) is 0. The monoisotopic (exact) mass is 283 g/mol. The molecule has 0 aromatic carbocycles. The fraction of sp³-hybridized carbons (Fsp3) is 0.769. The molecule has 0 amide bonds. The zero-order valence-corrected chi connectivity index (χ0v) is 12.8. The van der Waals surface area contributed by atoms with Crippen molar-refractivity contribution in [2.45, 2.75) is 39.2 Å². The van der Waals surface area contributed by atoms with Gasteiger partial charge in [0.05, 0.1) is 0 Å². The molecule has 2 rings (SSSR count). The minimum Gasteiger partial charge on any atom is -0.351 e. The van der Waals surface area contributed by atoms with Gasteiger partial charge in [-0.2, -0.15) is 15.0 Å². The lowest BCUT2D eigenvalue weighted by Crippen LogP contribution is -2.35.